The quantitative estimate of drug-likeness (QED) is 0.821. The van der Waals surface area contributed by atoms with E-state index in [2.05, 4.69) is 0 Å². The molecule has 0 saturated heterocycles. The number of aryl methyl sites for hydroxylation is 2. The number of para-hydroxylation sites is 1. The average Bonchev–Trinajstić information content (AvgIpc) is 2.60. The molecule has 0 bridgehead atoms. The summed E-state index contributed by atoms with van der Waals surface area (Å²) in [6, 6.07) is 8.37. The van der Waals surface area contributed by atoms with Crippen molar-refractivity contribution < 1.29 is 22.7 Å². The highest BCUT2D eigenvalue weighted by Crippen LogP contribution is 2.40. The molecular formula is C19H21NO5S. The third-order valence-electron chi connectivity index (χ3n) is 4.53. The van der Waals surface area contributed by atoms with Gasteiger partial charge in [-0.15, -0.1) is 0 Å². The summed E-state index contributed by atoms with van der Waals surface area (Å²) in [5.41, 5.74) is 1.86. The fourth-order valence-electron chi connectivity index (χ4n) is 3.40. The molecule has 0 aliphatic carbocycles. The van der Waals surface area contributed by atoms with Crippen molar-refractivity contribution >= 4 is 21.5 Å². The van der Waals surface area contributed by atoms with E-state index in [1.165, 1.54) is 11.4 Å². The number of hydrogen-bond donors (Lipinski definition) is 0. The number of rotatable bonds is 4. The Balaban J connectivity index is 2.22. The lowest BCUT2D eigenvalue weighted by atomic mass is 10.0. The predicted molar refractivity (Wildman–Crippen MR) is 98.9 cm³/mol. The van der Waals surface area contributed by atoms with Crippen LogP contribution in [0.25, 0.3) is 0 Å². The third-order valence-corrected chi connectivity index (χ3v) is 6.63. The van der Waals surface area contributed by atoms with Crippen LogP contribution in [0.3, 0.4) is 0 Å². The number of ether oxygens (including phenoxy) is 2. The van der Waals surface area contributed by atoms with E-state index in [9.17, 15) is 13.2 Å². The van der Waals surface area contributed by atoms with Gasteiger partial charge in [0.25, 0.3) is 10.0 Å². The molecule has 2 aromatic carbocycles. The zero-order valence-electron chi connectivity index (χ0n) is 15.2. The lowest BCUT2D eigenvalue weighted by Crippen LogP contribution is -2.38. The monoisotopic (exact) mass is 375 g/mol. The fourth-order valence-corrected chi connectivity index (χ4v) is 5.32. The Labute approximate surface area is 153 Å². The first kappa shape index (κ1) is 18.3. The SMILES string of the molecule is COc1cc(C)c(S(=O)(=O)N2CCC(=O)c3cccc(OC)c32)c(C)c1. The van der Waals surface area contributed by atoms with Gasteiger partial charge >= 0.3 is 0 Å². The number of sulfonamides is 1. The van der Waals surface area contributed by atoms with Crippen molar-refractivity contribution in [3.63, 3.8) is 0 Å². The van der Waals surface area contributed by atoms with Gasteiger partial charge in [-0.3, -0.25) is 9.10 Å². The van der Waals surface area contributed by atoms with Crippen LogP contribution in [-0.4, -0.2) is 35.0 Å². The van der Waals surface area contributed by atoms with Gasteiger partial charge in [-0.1, -0.05) is 6.07 Å². The Hall–Kier alpha value is -2.54. The molecule has 2 aromatic rings. The molecule has 1 heterocycles. The topological polar surface area (TPSA) is 72.9 Å². The van der Waals surface area contributed by atoms with Gasteiger partial charge in [-0.2, -0.15) is 0 Å². The first-order valence-electron chi connectivity index (χ1n) is 8.19. The molecule has 0 unspecified atom stereocenters. The highest BCUT2D eigenvalue weighted by atomic mass is 32.2. The predicted octanol–water partition coefficient (Wildman–Crippen LogP) is 3.10. The number of nitrogens with zero attached hydrogens (tertiary/aromatic N) is 1. The van der Waals surface area contributed by atoms with E-state index in [0.717, 1.165) is 0 Å². The number of carbonyl (C=O) groups excluding carboxylic acids is 1. The minimum absolute atomic E-state index is 0.0828. The van der Waals surface area contributed by atoms with E-state index < -0.39 is 10.0 Å². The van der Waals surface area contributed by atoms with Crippen LogP contribution in [0.15, 0.2) is 35.2 Å². The number of Topliss-reactive ketones (excluding diaryl/α,β-unsaturated/α-hetero) is 1. The Morgan fingerprint density at radius 2 is 1.69 bits per heavy atom. The molecule has 1 aliphatic heterocycles. The van der Waals surface area contributed by atoms with E-state index in [-0.39, 0.29) is 23.6 Å². The lowest BCUT2D eigenvalue weighted by Gasteiger charge is -2.32. The summed E-state index contributed by atoms with van der Waals surface area (Å²) in [6.07, 6.45) is 0.133. The number of anilines is 1. The summed E-state index contributed by atoms with van der Waals surface area (Å²) in [4.78, 5) is 12.5. The summed E-state index contributed by atoms with van der Waals surface area (Å²) < 4.78 is 38.8. The second kappa shape index (κ2) is 6.64. The van der Waals surface area contributed by atoms with Crippen LogP contribution in [0.1, 0.15) is 27.9 Å². The van der Waals surface area contributed by atoms with Crippen LogP contribution < -0.4 is 13.8 Å². The van der Waals surface area contributed by atoms with Gasteiger partial charge in [0.15, 0.2) is 5.78 Å². The fraction of sp³-hybridized carbons (Fsp3) is 0.316. The Morgan fingerprint density at radius 1 is 1.04 bits per heavy atom. The van der Waals surface area contributed by atoms with Gasteiger partial charge in [0.1, 0.15) is 17.2 Å². The van der Waals surface area contributed by atoms with Crippen LogP contribution in [-0.2, 0) is 10.0 Å². The van der Waals surface area contributed by atoms with E-state index in [0.29, 0.717) is 33.9 Å². The van der Waals surface area contributed by atoms with Gasteiger partial charge in [0.05, 0.1) is 19.1 Å². The number of methoxy groups -OCH3 is 2. The molecule has 138 valence electrons. The smallest absolute Gasteiger partial charge is 0.265 e. The van der Waals surface area contributed by atoms with Gasteiger partial charge in [0, 0.05) is 18.5 Å². The third kappa shape index (κ3) is 2.82. The van der Waals surface area contributed by atoms with Gasteiger partial charge in [0.2, 0.25) is 0 Å². The summed E-state index contributed by atoms with van der Waals surface area (Å²) in [5, 5.41) is 0. The Bertz CT molecular complexity index is 958. The van der Waals surface area contributed by atoms with Crippen molar-refractivity contribution in [2.45, 2.75) is 25.2 Å². The summed E-state index contributed by atoms with van der Waals surface area (Å²) in [7, 11) is -0.869. The molecule has 0 aromatic heterocycles. The minimum atomic E-state index is -3.87. The van der Waals surface area contributed by atoms with E-state index in [4.69, 9.17) is 9.47 Å². The maximum absolute atomic E-state index is 13.5. The molecule has 1 aliphatic rings. The number of ketones is 1. The van der Waals surface area contributed by atoms with Crippen molar-refractivity contribution in [2.24, 2.45) is 0 Å². The average molecular weight is 375 g/mol. The molecule has 6 nitrogen and oxygen atoms in total. The molecule has 0 saturated carbocycles. The van der Waals surface area contributed by atoms with Crippen LogP contribution in [0.2, 0.25) is 0 Å². The van der Waals surface area contributed by atoms with Gasteiger partial charge in [-0.05, 0) is 49.2 Å². The molecule has 0 amide bonds. The van der Waals surface area contributed by atoms with E-state index >= 15 is 0 Å². The molecule has 7 heteroatoms. The highest BCUT2D eigenvalue weighted by molar-refractivity contribution is 7.93. The van der Waals surface area contributed by atoms with Crippen LogP contribution in [0.4, 0.5) is 5.69 Å². The summed E-state index contributed by atoms with van der Waals surface area (Å²) >= 11 is 0. The first-order valence-corrected chi connectivity index (χ1v) is 9.63. The number of hydrogen-bond acceptors (Lipinski definition) is 5. The second-order valence-electron chi connectivity index (χ2n) is 6.20. The highest BCUT2D eigenvalue weighted by Gasteiger charge is 2.36. The van der Waals surface area contributed by atoms with Crippen molar-refractivity contribution in [1.82, 2.24) is 0 Å². The van der Waals surface area contributed by atoms with Crippen molar-refractivity contribution in [3.8, 4) is 11.5 Å². The van der Waals surface area contributed by atoms with E-state index in [1.54, 1.807) is 51.3 Å². The number of benzene rings is 2. The molecule has 0 fully saturated rings. The van der Waals surface area contributed by atoms with Crippen LogP contribution in [0, 0.1) is 13.8 Å². The Morgan fingerprint density at radius 3 is 2.27 bits per heavy atom. The normalized spacial score (nSPS) is 14.2. The molecule has 0 spiro atoms. The van der Waals surface area contributed by atoms with Crippen LogP contribution in [0.5, 0.6) is 11.5 Å². The maximum Gasteiger partial charge on any atom is 0.265 e. The molecule has 3 rings (SSSR count). The van der Waals surface area contributed by atoms with Gasteiger partial charge < -0.3 is 9.47 Å². The molecule has 0 N–H and O–H groups in total. The minimum Gasteiger partial charge on any atom is -0.497 e. The first-order chi connectivity index (χ1) is 12.3. The summed E-state index contributed by atoms with van der Waals surface area (Å²) in [6.45, 7) is 3.56. The van der Waals surface area contributed by atoms with Crippen molar-refractivity contribution in [2.75, 3.05) is 25.1 Å². The van der Waals surface area contributed by atoms with Crippen molar-refractivity contribution in [1.29, 1.82) is 0 Å². The van der Waals surface area contributed by atoms with E-state index in [1.807, 2.05) is 0 Å². The van der Waals surface area contributed by atoms with Crippen LogP contribution >= 0.6 is 0 Å². The molecule has 0 atom stereocenters. The molecule has 0 radical (unpaired) electrons. The molecule has 26 heavy (non-hydrogen) atoms. The zero-order valence-corrected chi connectivity index (χ0v) is 16.0. The number of fused-ring (bicyclic) bond motifs is 1. The Kier molecular flexibility index (Phi) is 4.66. The standard InChI is InChI=1S/C19H21NO5S/c1-12-10-14(24-3)11-13(2)19(12)26(22,23)20-9-8-16(21)15-6-5-7-17(25-4)18(15)20/h5-7,10-11H,8-9H2,1-4H3. The largest absolute Gasteiger partial charge is 0.497 e. The van der Waals surface area contributed by atoms with Gasteiger partial charge in [-0.25, -0.2) is 8.42 Å². The number of carbonyl (C=O) groups is 1. The maximum atomic E-state index is 13.5. The lowest BCUT2D eigenvalue weighted by molar-refractivity contribution is 0.0981. The zero-order chi connectivity index (χ0) is 19.1. The summed E-state index contributed by atoms with van der Waals surface area (Å²) in [5.74, 6) is 0.877. The van der Waals surface area contributed by atoms with Crippen molar-refractivity contribution in [3.05, 3.63) is 47.0 Å². The molecular weight excluding hydrogens is 354 g/mol. The second-order valence-corrected chi connectivity index (χ2v) is 8.00.